The molecule has 2 rings (SSSR count). The standard InChI is InChI=1S/C12H12N.BrH/c1-11-7-9-13(10-8-11)12-5-3-2-4-6-12;/h2-10H,1H3;1H/q+1;/p-1. The third-order valence-electron chi connectivity index (χ3n) is 2.05. The Hall–Kier alpha value is -1.15. The molecule has 72 valence electrons. The Morgan fingerprint density at radius 3 is 2.00 bits per heavy atom. The quantitative estimate of drug-likeness (QED) is 0.588. The summed E-state index contributed by atoms with van der Waals surface area (Å²) in [7, 11) is 0. The number of para-hydroxylation sites is 1. The molecule has 0 saturated carbocycles. The minimum Gasteiger partial charge on any atom is -1.00 e. The van der Waals surface area contributed by atoms with Crippen molar-refractivity contribution in [1.29, 1.82) is 0 Å². The number of benzene rings is 1. The number of pyridine rings is 1. The Bertz CT molecular complexity index is 381. The molecular formula is C12H12BrN. The summed E-state index contributed by atoms with van der Waals surface area (Å²) in [5.74, 6) is 0. The first-order chi connectivity index (χ1) is 6.36. The van der Waals surface area contributed by atoms with Crippen molar-refractivity contribution in [2.24, 2.45) is 0 Å². The van der Waals surface area contributed by atoms with Crippen LogP contribution in [0.5, 0.6) is 0 Å². The fraction of sp³-hybridized carbons (Fsp3) is 0.0833. The van der Waals surface area contributed by atoms with E-state index in [0.717, 1.165) is 0 Å². The Kier molecular flexibility index (Phi) is 3.84. The fourth-order valence-corrected chi connectivity index (χ4v) is 1.27. The highest BCUT2D eigenvalue weighted by molar-refractivity contribution is 5.21. The largest absolute Gasteiger partial charge is 1.00 e. The number of hydrogen-bond acceptors (Lipinski definition) is 0. The predicted octanol–water partition coefficient (Wildman–Crippen LogP) is -0.724. The topological polar surface area (TPSA) is 3.88 Å². The second-order valence-electron chi connectivity index (χ2n) is 3.12. The monoisotopic (exact) mass is 249 g/mol. The average Bonchev–Trinajstić information content (AvgIpc) is 2.20. The van der Waals surface area contributed by atoms with Crippen LogP contribution < -0.4 is 21.5 Å². The Labute approximate surface area is 94.8 Å². The van der Waals surface area contributed by atoms with Gasteiger partial charge in [0.05, 0.1) is 0 Å². The summed E-state index contributed by atoms with van der Waals surface area (Å²) in [6, 6.07) is 14.5. The predicted molar refractivity (Wildman–Crippen MR) is 52.7 cm³/mol. The summed E-state index contributed by atoms with van der Waals surface area (Å²) in [6.07, 6.45) is 4.15. The zero-order chi connectivity index (χ0) is 9.10. The molecule has 1 nitrogen and oxygen atoms in total. The van der Waals surface area contributed by atoms with E-state index in [1.165, 1.54) is 11.3 Å². The average molecular weight is 250 g/mol. The van der Waals surface area contributed by atoms with Crippen molar-refractivity contribution in [1.82, 2.24) is 0 Å². The number of halogens is 1. The molecule has 0 aliphatic carbocycles. The van der Waals surface area contributed by atoms with Crippen molar-refractivity contribution in [3.05, 3.63) is 60.4 Å². The van der Waals surface area contributed by atoms with E-state index < -0.39 is 0 Å². The third-order valence-corrected chi connectivity index (χ3v) is 2.05. The van der Waals surface area contributed by atoms with E-state index in [1.807, 2.05) is 18.2 Å². The Morgan fingerprint density at radius 2 is 1.43 bits per heavy atom. The van der Waals surface area contributed by atoms with Crippen LogP contribution in [0, 0.1) is 6.92 Å². The second kappa shape index (κ2) is 4.91. The van der Waals surface area contributed by atoms with E-state index >= 15 is 0 Å². The molecule has 0 unspecified atom stereocenters. The number of rotatable bonds is 1. The molecule has 0 bridgehead atoms. The van der Waals surface area contributed by atoms with Gasteiger partial charge in [-0.15, -0.1) is 0 Å². The van der Waals surface area contributed by atoms with Crippen LogP contribution in [0.25, 0.3) is 5.69 Å². The van der Waals surface area contributed by atoms with Gasteiger partial charge in [-0.3, -0.25) is 0 Å². The van der Waals surface area contributed by atoms with Gasteiger partial charge in [-0.05, 0) is 12.5 Å². The van der Waals surface area contributed by atoms with Crippen LogP contribution in [-0.2, 0) is 0 Å². The lowest BCUT2D eigenvalue weighted by Gasteiger charge is -1.94. The minimum absolute atomic E-state index is 0. The van der Waals surface area contributed by atoms with Gasteiger partial charge in [-0.2, -0.15) is 4.57 Å². The molecule has 0 saturated heterocycles. The number of hydrogen-bond donors (Lipinski definition) is 0. The maximum absolute atomic E-state index is 2.10. The molecule has 1 heterocycles. The number of aryl methyl sites for hydroxylation is 1. The zero-order valence-corrected chi connectivity index (χ0v) is 9.61. The van der Waals surface area contributed by atoms with Crippen LogP contribution in [0.1, 0.15) is 5.56 Å². The number of aromatic nitrogens is 1. The van der Waals surface area contributed by atoms with Crippen molar-refractivity contribution < 1.29 is 21.5 Å². The fourth-order valence-electron chi connectivity index (χ4n) is 1.27. The van der Waals surface area contributed by atoms with E-state index in [9.17, 15) is 0 Å². The normalized spacial score (nSPS) is 9.21. The summed E-state index contributed by atoms with van der Waals surface area (Å²) in [5.41, 5.74) is 2.48. The summed E-state index contributed by atoms with van der Waals surface area (Å²) >= 11 is 0. The van der Waals surface area contributed by atoms with Gasteiger partial charge in [0, 0.05) is 24.3 Å². The lowest BCUT2D eigenvalue weighted by molar-refractivity contribution is -0.595. The van der Waals surface area contributed by atoms with Crippen LogP contribution in [0.4, 0.5) is 0 Å². The number of nitrogens with zero attached hydrogens (tertiary/aromatic N) is 1. The molecule has 0 spiro atoms. The molecule has 0 aliphatic heterocycles. The molecule has 0 N–H and O–H groups in total. The summed E-state index contributed by atoms with van der Waals surface area (Å²) in [4.78, 5) is 0. The SMILES string of the molecule is Cc1cc[n+](-c2ccccc2)cc1.[Br-]. The maximum Gasteiger partial charge on any atom is 0.210 e. The van der Waals surface area contributed by atoms with Gasteiger partial charge in [-0.1, -0.05) is 18.2 Å². The van der Waals surface area contributed by atoms with E-state index in [1.54, 1.807) is 0 Å². The molecule has 1 aromatic heterocycles. The van der Waals surface area contributed by atoms with Crippen LogP contribution in [-0.4, -0.2) is 0 Å². The molecule has 1 aromatic carbocycles. The van der Waals surface area contributed by atoms with Gasteiger partial charge in [0.2, 0.25) is 5.69 Å². The van der Waals surface area contributed by atoms with E-state index in [2.05, 4.69) is 48.1 Å². The molecule has 2 heteroatoms. The van der Waals surface area contributed by atoms with Gasteiger partial charge in [0.15, 0.2) is 12.4 Å². The Balaban J connectivity index is 0.000000980. The molecule has 2 aromatic rings. The highest BCUT2D eigenvalue weighted by Crippen LogP contribution is 1.98. The van der Waals surface area contributed by atoms with Gasteiger partial charge in [0.1, 0.15) is 0 Å². The molecule has 0 atom stereocenters. The lowest BCUT2D eigenvalue weighted by Crippen LogP contribution is -3.00. The van der Waals surface area contributed by atoms with Gasteiger partial charge in [-0.25, -0.2) is 0 Å². The van der Waals surface area contributed by atoms with Crippen molar-refractivity contribution in [3.63, 3.8) is 0 Å². The molecule has 14 heavy (non-hydrogen) atoms. The first-order valence-electron chi connectivity index (χ1n) is 4.39. The van der Waals surface area contributed by atoms with E-state index in [4.69, 9.17) is 0 Å². The van der Waals surface area contributed by atoms with Crippen LogP contribution >= 0.6 is 0 Å². The minimum atomic E-state index is 0. The molecule has 0 fully saturated rings. The lowest BCUT2D eigenvalue weighted by atomic mass is 10.3. The van der Waals surface area contributed by atoms with Crippen molar-refractivity contribution >= 4 is 0 Å². The van der Waals surface area contributed by atoms with Crippen LogP contribution in [0.3, 0.4) is 0 Å². The maximum atomic E-state index is 2.10. The highest BCUT2D eigenvalue weighted by atomic mass is 79.9. The molecular weight excluding hydrogens is 238 g/mol. The van der Waals surface area contributed by atoms with Crippen molar-refractivity contribution in [2.75, 3.05) is 0 Å². The molecule has 0 amide bonds. The third kappa shape index (κ3) is 2.42. The first-order valence-corrected chi connectivity index (χ1v) is 4.39. The van der Waals surface area contributed by atoms with Gasteiger partial charge in [0.25, 0.3) is 0 Å². The summed E-state index contributed by atoms with van der Waals surface area (Å²) in [6.45, 7) is 2.09. The van der Waals surface area contributed by atoms with Crippen molar-refractivity contribution in [2.45, 2.75) is 6.92 Å². The highest BCUT2D eigenvalue weighted by Gasteiger charge is 2.01. The van der Waals surface area contributed by atoms with Gasteiger partial charge < -0.3 is 17.0 Å². The van der Waals surface area contributed by atoms with E-state index in [0.29, 0.717) is 0 Å². The van der Waals surface area contributed by atoms with Crippen LogP contribution in [0.15, 0.2) is 54.9 Å². The summed E-state index contributed by atoms with van der Waals surface area (Å²) < 4.78 is 2.10. The molecule has 0 aliphatic rings. The Morgan fingerprint density at radius 1 is 0.857 bits per heavy atom. The van der Waals surface area contributed by atoms with Gasteiger partial charge >= 0.3 is 0 Å². The first kappa shape index (κ1) is 10.9. The van der Waals surface area contributed by atoms with E-state index in [-0.39, 0.29) is 17.0 Å². The second-order valence-corrected chi connectivity index (χ2v) is 3.12. The van der Waals surface area contributed by atoms with Crippen molar-refractivity contribution in [3.8, 4) is 5.69 Å². The summed E-state index contributed by atoms with van der Waals surface area (Å²) in [5, 5.41) is 0. The zero-order valence-electron chi connectivity index (χ0n) is 8.02. The molecule has 0 radical (unpaired) electrons. The van der Waals surface area contributed by atoms with Crippen LogP contribution in [0.2, 0.25) is 0 Å². The smallest absolute Gasteiger partial charge is 0.210 e.